The van der Waals surface area contributed by atoms with Gasteiger partial charge in [-0.25, -0.2) is 13.1 Å². The molecule has 1 unspecified atom stereocenters. The van der Waals surface area contributed by atoms with Crippen molar-refractivity contribution in [2.45, 2.75) is 13.3 Å². The van der Waals surface area contributed by atoms with Crippen molar-refractivity contribution in [2.24, 2.45) is 5.92 Å². The average molecular weight is 306 g/mol. The maximum Gasteiger partial charge on any atom is 0.211 e. The minimum Gasteiger partial charge on any atom is -0.497 e. The van der Waals surface area contributed by atoms with Crippen LogP contribution in [0.2, 0.25) is 0 Å². The fraction of sp³-hybridized carbons (Fsp3) is 0.538. The molecule has 0 spiro atoms. The molecule has 108 valence electrons. The molecule has 6 heteroatoms. The van der Waals surface area contributed by atoms with E-state index in [2.05, 4.69) is 4.72 Å². The summed E-state index contributed by atoms with van der Waals surface area (Å²) in [5.74, 6) is 1.14. The lowest BCUT2D eigenvalue weighted by Gasteiger charge is -2.10. The first-order valence-corrected chi connectivity index (χ1v) is 8.31. The molecular formula is C13H20ClNO3S. The van der Waals surface area contributed by atoms with Crippen molar-refractivity contribution in [3.63, 3.8) is 0 Å². The Bertz CT molecular complexity index is 490. The van der Waals surface area contributed by atoms with E-state index in [-0.39, 0.29) is 11.7 Å². The van der Waals surface area contributed by atoms with Crippen molar-refractivity contribution in [1.82, 2.24) is 4.72 Å². The third-order valence-electron chi connectivity index (χ3n) is 2.64. The molecule has 1 atom stereocenters. The predicted molar refractivity (Wildman–Crippen MR) is 78.4 cm³/mol. The molecule has 0 aliphatic carbocycles. The van der Waals surface area contributed by atoms with Gasteiger partial charge in [0, 0.05) is 12.4 Å². The monoisotopic (exact) mass is 305 g/mol. The zero-order valence-corrected chi connectivity index (χ0v) is 12.8. The lowest BCUT2D eigenvalue weighted by Crippen LogP contribution is -2.31. The SMILES string of the molecule is COc1cccc(CCNS(=O)(=O)CC(C)CCl)c1. The highest BCUT2D eigenvalue weighted by Gasteiger charge is 2.14. The van der Waals surface area contributed by atoms with E-state index in [4.69, 9.17) is 16.3 Å². The number of halogens is 1. The second kappa shape index (κ2) is 7.72. The highest BCUT2D eigenvalue weighted by atomic mass is 35.5. The Morgan fingerprint density at radius 3 is 2.79 bits per heavy atom. The summed E-state index contributed by atoms with van der Waals surface area (Å²) in [6.45, 7) is 2.19. The molecule has 0 aromatic heterocycles. The van der Waals surface area contributed by atoms with Crippen molar-refractivity contribution >= 4 is 21.6 Å². The first-order valence-electron chi connectivity index (χ1n) is 6.13. The molecule has 0 heterocycles. The van der Waals surface area contributed by atoms with Crippen molar-refractivity contribution in [3.05, 3.63) is 29.8 Å². The van der Waals surface area contributed by atoms with Gasteiger partial charge in [0.15, 0.2) is 0 Å². The van der Waals surface area contributed by atoms with E-state index in [0.717, 1.165) is 11.3 Å². The van der Waals surface area contributed by atoms with Crippen LogP contribution in [0.25, 0.3) is 0 Å². The number of hydrogen-bond donors (Lipinski definition) is 1. The van der Waals surface area contributed by atoms with Gasteiger partial charge in [-0.3, -0.25) is 0 Å². The van der Waals surface area contributed by atoms with Crippen LogP contribution in [-0.4, -0.2) is 33.7 Å². The number of nitrogens with one attached hydrogen (secondary N) is 1. The van der Waals surface area contributed by atoms with Crippen LogP contribution in [0.1, 0.15) is 12.5 Å². The summed E-state index contributed by atoms with van der Waals surface area (Å²) in [6, 6.07) is 7.59. The van der Waals surface area contributed by atoms with Crippen LogP contribution < -0.4 is 9.46 Å². The Morgan fingerprint density at radius 2 is 2.16 bits per heavy atom. The maximum atomic E-state index is 11.7. The zero-order valence-electron chi connectivity index (χ0n) is 11.2. The first-order chi connectivity index (χ1) is 8.96. The maximum absolute atomic E-state index is 11.7. The number of rotatable bonds is 8. The van der Waals surface area contributed by atoms with Crippen molar-refractivity contribution in [1.29, 1.82) is 0 Å². The normalized spacial score (nSPS) is 13.2. The Balaban J connectivity index is 2.45. The van der Waals surface area contributed by atoms with Crippen LogP contribution in [0.4, 0.5) is 0 Å². The number of alkyl halides is 1. The zero-order chi connectivity index (χ0) is 14.3. The average Bonchev–Trinajstić information content (AvgIpc) is 2.38. The molecule has 0 aliphatic rings. The van der Waals surface area contributed by atoms with Gasteiger partial charge in [0.1, 0.15) is 5.75 Å². The Hall–Kier alpha value is -0.780. The molecule has 1 N–H and O–H groups in total. The van der Waals surface area contributed by atoms with Crippen LogP contribution in [0.15, 0.2) is 24.3 Å². The highest BCUT2D eigenvalue weighted by molar-refractivity contribution is 7.89. The van der Waals surface area contributed by atoms with Gasteiger partial charge in [-0.1, -0.05) is 19.1 Å². The van der Waals surface area contributed by atoms with Gasteiger partial charge in [-0.2, -0.15) is 0 Å². The summed E-state index contributed by atoms with van der Waals surface area (Å²) in [6.07, 6.45) is 0.631. The Kier molecular flexibility index (Phi) is 6.62. The minimum absolute atomic E-state index is 0.0454. The van der Waals surface area contributed by atoms with E-state index >= 15 is 0 Å². The highest BCUT2D eigenvalue weighted by Crippen LogP contribution is 2.12. The molecule has 0 amide bonds. The van der Waals surface area contributed by atoms with E-state index < -0.39 is 10.0 Å². The minimum atomic E-state index is -3.24. The van der Waals surface area contributed by atoms with Gasteiger partial charge in [0.25, 0.3) is 0 Å². The van der Waals surface area contributed by atoms with Gasteiger partial charge in [0.05, 0.1) is 12.9 Å². The van der Waals surface area contributed by atoms with Gasteiger partial charge in [-0.05, 0) is 30.0 Å². The number of benzene rings is 1. The molecule has 0 saturated heterocycles. The quantitative estimate of drug-likeness (QED) is 0.748. The smallest absolute Gasteiger partial charge is 0.211 e. The van der Waals surface area contributed by atoms with Crippen LogP contribution >= 0.6 is 11.6 Å². The summed E-state index contributed by atoms with van der Waals surface area (Å²) >= 11 is 5.62. The Morgan fingerprint density at radius 1 is 1.42 bits per heavy atom. The van der Waals surface area contributed by atoms with Crippen LogP contribution in [0.5, 0.6) is 5.75 Å². The summed E-state index contributed by atoms with van der Waals surface area (Å²) in [5.41, 5.74) is 1.03. The lowest BCUT2D eigenvalue weighted by atomic mass is 10.1. The summed E-state index contributed by atoms with van der Waals surface area (Å²) in [4.78, 5) is 0. The second-order valence-electron chi connectivity index (χ2n) is 4.54. The van der Waals surface area contributed by atoms with Crippen molar-refractivity contribution < 1.29 is 13.2 Å². The third-order valence-corrected chi connectivity index (χ3v) is 4.82. The first kappa shape index (κ1) is 16.3. The van der Waals surface area contributed by atoms with Crippen LogP contribution in [0, 0.1) is 5.92 Å². The van der Waals surface area contributed by atoms with E-state index in [1.165, 1.54) is 0 Å². The molecule has 4 nitrogen and oxygen atoms in total. The van der Waals surface area contributed by atoms with Crippen molar-refractivity contribution in [3.8, 4) is 5.75 Å². The van der Waals surface area contributed by atoms with Gasteiger partial charge < -0.3 is 4.74 Å². The lowest BCUT2D eigenvalue weighted by molar-refractivity contribution is 0.414. The van der Waals surface area contributed by atoms with E-state index in [1.807, 2.05) is 31.2 Å². The van der Waals surface area contributed by atoms with Crippen LogP contribution in [-0.2, 0) is 16.4 Å². The molecule has 0 aliphatic heterocycles. The fourth-order valence-electron chi connectivity index (χ4n) is 1.66. The molecule has 0 bridgehead atoms. The largest absolute Gasteiger partial charge is 0.497 e. The van der Waals surface area contributed by atoms with E-state index in [9.17, 15) is 8.42 Å². The molecule has 0 saturated carbocycles. The molecular weight excluding hydrogens is 286 g/mol. The summed E-state index contributed by atoms with van der Waals surface area (Å²) in [7, 11) is -1.64. The van der Waals surface area contributed by atoms with Crippen molar-refractivity contribution in [2.75, 3.05) is 25.3 Å². The topological polar surface area (TPSA) is 55.4 Å². The second-order valence-corrected chi connectivity index (χ2v) is 6.70. The summed E-state index contributed by atoms with van der Waals surface area (Å²) < 4.78 is 31.1. The third kappa shape index (κ3) is 6.27. The Labute approximate surface area is 120 Å². The molecule has 0 radical (unpaired) electrons. The molecule has 0 fully saturated rings. The van der Waals surface area contributed by atoms with E-state index in [1.54, 1.807) is 7.11 Å². The van der Waals surface area contributed by atoms with Crippen LogP contribution in [0.3, 0.4) is 0 Å². The number of ether oxygens (including phenoxy) is 1. The van der Waals surface area contributed by atoms with Gasteiger partial charge in [-0.15, -0.1) is 11.6 Å². The number of hydrogen-bond acceptors (Lipinski definition) is 3. The molecule has 1 aromatic carbocycles. The molecule has 1 rings (SSSR count). The standard InChI is InChI=1S/C13H20ClNO3S/c1-11(9-14)10-19(16,17)15-7-6-12-4-3-5-13(8-12)18-2/h3-5,8,11,15H,6-7,9-10H2,1-2H3. The van der Waals surface area contributed by atoms with Gasteiger partial charge in [0.2, 0.25) is 10.0 Å². The van der Waals surface area contributed by atoms with E-state index in [0.29, 0.717) is 18.8 Å². The predicted octanol–water partition coefficient (Wildman–Crippen LogP) is 2.03. The molecule has 19 heavy (non-hydrogen) atoms. The molecule has 1 aromatic rings. The number of sulfonamides is 1. The van der Waals surface area contributed by atoms with Gasteiger partial charge >= 0.3 is 0 Å². The fourth-order valence-corrected chi connectivity index (χ4v) is 3.29. The number of methoxy groups -OCH3 is 1. The summed E-state index contributed by atoms with van der Waals surface area (Å²) in [5, 5.41) is 0.